The van der Waals surface area contributed by atoms with Gasteiger partial charge < -0.3 is 10.1 Å². The van der Waals surface area contributed by atoms with Gasteiger partial charge in [0.05, 0.1) is 16.7 Å². The lowest BCUT2D eigenvalue weighted by molar-refractivity contribution is -0.385. The van der Waals surface area contributed by atoms with E-state index in [0.29, 0.717) is 16.7 Å². The number of hydrogen-bond acceptors (Lipinski definition) is 5. The van der Waals surface area contributed by atoms with Crippen LogP contribution in [0.4, 0.5) is 18.9 Å². The van der Waals surface area contributed by atoms with Crippen molar-refractivity contribution in [2.45, 2.75) is 32.5 Å². The number of thiocarbonyl (C=S) groups is 1. The molecule has 0 heterocycles. The molecule has 160 valence electrons. The van der Waals surface area contributed by atoms with Gasteiger partial charge in [-0.15, -0.1) is 0 Å². The van der Waals surface area contributed by atoms with E-state index in [4.69, 9.17) is 17.0 Å². The minimum absolute atomic E-state index is 0.209. The molecule has 0 fully saturated rings. The third-order valence-electron chi connectivity index (χ3n) is 3.46. The summed E-state index contributed by atoms with van der Waals surface area (Å²) in [5.41, 5.74) is 1.23. The largest absolute Gasteiger partial charge is 0.450 e. The fourth-order valence-electron chi connectivity index (χ4n) is 2.21. The monoisotopic (exact) mass is 440 g/mol. The molecule has 0 aromatic heterocycles. The van der Waals surface area contributed by atoms with E-state index in [1.807, 2.05) is 20.8 Å². The average molecular weight is 440 g/mol. The molecule has 2 rings (SSSR count). The van der Waals surface area contributed by atoms with Gasteiger partial charge in [-0.25, -0.2) is 0 Å². The number of alkyl halides is 3. The van der Waals surface area contributed by atoms with Gasteiger partial charge in [-0.2, -0.15) is 18.3 Å². The number of benzene rings is 2. The Kier molecular flexibility index (Phi) is 6.98. The van der Waals surface area contributed by atoms with E-state index >= 15 is 0 Å². The number of halogens is 3. The van der Waals surface area contributed by atoms with Gasteiger partial charge in [-0.3, -0.25) is 15.5 Å². The summed E-state index contributed by atoms with van der Waals surface area (Å²) in [4.78, 5) is 10.2. The molecule has 0 bridgehead atoms. The molecule has 0 aliphatic rings. The third-order valence-corrected chi connectivity index (χ3v) is 3.65. The van der Waals surface area contributed by atoms with Gasteiger partial charge in [-0.1, -0.05) is 0 Å². The van der Waals surface area contributed by atoms with E-state index in [1.54, 1.807) is 12.1 Å². The lowest BCUT2D eigenvalue weighted by Crippen LogP contribution is -2.44. The molecule has 30 heavy (non-hydrogen) atoms. The maximum Gasteiger partial charge on any atom is 0.416 e. The summed E-state index contributed by atoms with van der Waals surface area (Å²) < 4.78 is 43.7. The minimum atomic E-state index is -4.69. The maximum absolute atomic E-state index is 12.8. The molecule has 0 unspecified atom stereocenters. The van der Waals surface area contributed by atoms with Gasteiger partial charge in [0.15, 0.2) is 5.11 Å². The molecule has 2 aromatic carbocycles. The van der Waals surface area contributed by atoms with Gasteiger partial charge in [-0.05, 0) is 75.0 Å². The molecule has 0 spiro atoms. The predicted octanol–water partition coefficient (Wildman–Crippen LogP) is 5.00. The average Bonchev–Trinajstić information content (AvgIpc) is 2.61. The zero-order valence-electron chi connectivity index (χ0n) is 16.3. The number of nitrogens with one attached hydrogen (secondary N) is 2. The molecule has 11 heteroatoms. The van der Waals surface area contributed by atoms with E-state index in [0.717, 1.165) is 12.1 Å². The topological polar surface area (TPSA) is 88.8 Å². The number of nitrogens with zero attached hydrogens (tertiary/aromatic N) is 2. The number of ether oxygens (including phenoxy) is 1. The van der Waals surface area contributed by atoms with Crippen molar-refractivity contribution in [2.24, 2.45) is 5.10 Å². The first-order valence-electron chi connectivity index (χ1n) is 8.60. The van der Waals surface area contributed by atoms with Crippen LogP contribution in [-0.4, -0.2) is 21.8 Å². The second-order valence-electron chi connectivity index (χ2n) is 7.18. The first-order valence-corrected chi connectivity index (χ1v) is 9.01. The van der Waals surface area contributed by atoms with E-state index < -0.39 is 22.4 Å². The molecule has 0 radical (unpaired) electrons. The third kappa shape index (κ3) is 6.99. The number of hydrogen-bond donors (Lipinski definition) is 2. The van der Waals surface area contributed by atoms with Crippen LogP contribution in [0.15, 0.2) is 47.6 Å². The lowest BCUT2D eigenvalue weighted by Gasteiger charge is -2.21. The molecule has 0 saturated heterocycles. The van der Waals surface area contributed by atoms with Crippen molar-refractivity contribution in [3.8, 4) is 11.5 Å². The molecule has 0 aliphatic heterocycles. The zero-order chi connectivity index (χ0) is 22.5. The quantitative estimate of drug-likeness (QED) is 0.294. The smallest absolute Gasteiger partial charge is 0.416 e. The highest BCUT2D eigenvalue weighted by Gasteiger charge is 2.33. The van der Waals surface area contributed by atoms with Crippen LogP contribution >= 0.6 is 12.2 Å². The van der Waals surface area contributed by atoms with Gasteiger partial charge in [0.1, 0.15) is 5.75 Å². The Morgan fingerprint density at radius 2 is 1.80 bits per heavy atom. The second-order valence-corrected chi connectivity index (χ2v) is 7.59. The summed E-state index contributed by atoms with van der Waals surface area (Å²) in [5.74, 6) is -0.0809. The maximum atomic E-state index is 12.8. The van der Waals surface area contributed by atoms with Crippen molar-refractivity contribution < 1.29 is 22.8 Å². The summed E-state index contributed by atoms with van der Waals surface area (Å²) in [6, 6.07) is 8.35. The Balaban J connectivity index is 2.08. The molecule has 0 saturated carbocycles. The van der Waals surface area contributed by atoms with E-state index in [9.17, 15) is 23.3 Å². The van der Waals surface area contributed by atoms with E-state index in [-0.39, 0.29) is 17.0 Å². The van der Waals surface area contributed by atoms with Crippen molar-refractivity contribution in [1.29, 1.82) is 0 Å². The van der Waals surface area contributed by atoms with Crippen LogP contribution in [-0.2, 0) is 6.18 Å². The molecule has 0 atom stereocenters. The zero-order valence-corrected chi connectivity index (χ0v) is 17.1. The van der Waals surface area contributed by atoms with E-state index in [2.05, 4.69) is 15.8 Å². The van der Waals surface area contributed by atoms with Gasteiger partial charge in [0.25, 0.3) is 0 Å². The van der Waals surface area contributed by atoms with Crippen molar-refractivity contribution in [3.63, 3.8) is 0 Å². The SMILES string of the molecule is CC(C)(C)NC(=S)NN=Cc1ccc(Oc2ccc(C(F)(F)F)cc2[N+](=O)[O-])cc1. The molecule has 7 nitrogen and oxygen atoms in total. The highest BCUT2D eigenvalue weighted by Crippen LogP contribution is 2.37. The van der Waals surface area contributed by atoms with Crippen LogP contribution in [0.25, 0.3) is 0 Å². The van der Waals surface area contributed by atoms with E-state index in [1.165, 1.54) is 18.3 Å². The number of hydrazone groups is 1. The number of nitro benzene ring substituents is 1. The van der Waals surface area contributed by atoms with Crippen molar-refractivity contribution in [3.05, 3.63) is 63.7 Å². The van der Waals surface area contributed by atoms with Crippen molar-refractivity contribution in [1.82, 2.24) is 10.7 Å². The van der Waals surface area contributed by atoms with Crippen LogP contribution in [0.3, 0.4) is 0 Å². The standard InChI is InChI=1S/C19H19F3N4O3S/c1-18(2,3)24-17(30)25-23-11-12-4-7-14(8-5-12)29-16-9-6-13(19(20,21)22)10-15(16)26(27)28/h4-11H,1-3H3,(H2,24,25,30). The molecule has 2 N–H and O–H groups in total. The highest BCUT2D eigenvalue weighted by molar-refractivity contribution is 7.80. The summed E-state index contributed by atoms with van der Waals surface area (Å²) in [6.45, 7) is 5.85. The summed E-state index contributed by atoms with van der Waals surface area (Å²) in [6.07, 6.45) is -3.19. The van der Waals surface area contributed by atoms with Gasteiger partial charge in [0.2, 0.25) is 5.75 Å². The fourth-order valence-corrected chi connectivity index (χ4v) is 2.56. The van der Waals surface area contributed by atoms with Crippen LogP contribution in [0.1, 0.15) is 31.9 Å². The summed E-state index contributed by atoms with van der Waals surface area (Å²) in [5, 5.41) is 18.5. The Hall–Kier alpha value is -3.21. The Morgan fingerprint density at radius 3 is 2.33 bits per heavy atom. The fraction of sp³-hybridized carbons (Fsp3) is 0.263. The Labute approximate surface area is 176 Å². The molecule has 0 aliphatic carbocycles. The van der Waals surface area contributed by atoms with Crippen LogP contribution < -0.4 is 15.5 Å². The molecule has 2 aromatic rings. The van der Waals surface area contributed by atoms with Gasteiger partial charge in [0, 0.05) is 11.6 Å². The Morgan fingerprint density at radius 1 is 1.17 bits per heavy atom. The summed E-state index contributed by atoms with van der Waals surface area (Å²) >= 11 is 5.10. The molecular weight excluding hydrogens is 421 g/mol. The molecular formula is C19H19F3N4O3S. The van der Waals surface area contributed by atoms with Gasteiger partial charge >= 0.3 is 11.9 Å². The Bertz CT molecular complexity index is 955. The van der Waals surface area contributed by atoms with Crippen LogP contribution in [0.5, 0.6) is 11.5 Å². The number of nitro groups is 1. The lowest BCUT2D eigenvalue weighted by atomic mass is 10.1. The van der Waals surface area contributed by atoms with Crippen LogP contribution in [0, 0.1) is 10.1 Å². The van der Waals surface area contributed by atoms with Crippen molar-refractivity contribution >= 4 is 29.2 Å². The molecule has 0 amide bonds. The number of rotatable bonds is 5. The first kappa shape index (κ1) is 23.1. The first-order chi connectivity index (χ1) is 13.8. The second kappa shape index (κ2) is 9.08. The summed E-state index contributed by atoms with van der Waals surface area (Å²) in [7, 11) is 0. The minimum Gasteiger partial charge on any atom is -0.450 e. The van der Waals surface area contributed by atoms with Crippen molar-refractivity contribution in [2.75, 3.05) is 0 Å². The predicted molar refractivity (Wildman–Crippen MR) is 111 cm³/mol. The normalized spacial score (nSPS) is 11.9. The highest BCUT2D eigenvalue weighted by atomic mass is 32.1. The van der Waals surface area contributed by atoms with Crippen LogP contribution in [0.2, 0.25) is 0 Å².